The zero-order chi connectivity index (χ0) is 14.0. The SMILES string of the molecule is COc1ccc(C(Cl)c2ccc(Br)o2)c(OC)c1Br. The molecule has 0 aliphatic carbocycles. The summed E-state index contributed by atoms with van der Waals surface area (Å²) in [6, 6.07) is 7.31. The largest absolute Gasteiger partial charge is 0.495 e. The number of benzene rings is 1. The summed E-state index contributed by atoms with van der Waals surface area (Å²) >= 11 is 13.2. The molecule has 3 nitrogen and oxygen atoms in total. The van der Waals surface area contributed by atoms with Gasteiger partial charge < -0.3 is 13.9 Å². The van der Waals surface area contributed by atoms with Crippen molar-refractivity contribution in [1.29, 1.82) is 0 Å². The maximum absolute atomic E-state index is 6.44. The highest BCUT2D eigenvalue weighted by Crippen LogP contribution is 2.43. The molecule has 0 N–H and O–H groups in total. The Hall–Kier alpha value is -0.650. The maximum atomic E-state index is 6.44. The number of rotatable bonds is 4. The highest BCUT2D eigenvalue weighted by Gasteiger charge is 2.22. The number of alkyl halides is 1. The van der Waals surface area contributed by atoms with Gasteiger partial charge in [-0.2, -0.15) is 0 Å². The number of methoxy groups -OCH3 is 2. The maximum Gasteiger partial charge on any atom is 0.169 e. The Balaban J connectivity index is 2.47. The summed E-state index contributed by atoms with van der Waals surface area (Å²) in [6.07, 6.45) is 0. The molecule has 0 amide bonds. The van der Waals surface area contributed by atoms with E-state index in [2.05, 4.69) is 31.9 Å². The highest BCUT2D eigenvalue weighted by molar-refractivity contribution is 9.10. The first-order chi connectivity index (χ1) is 9.08. The molecule has 0 fully saturated rings. The molecular formula is C13H11Br2ClO3. The Labute approximate surface area is 133 Å². The normalized spacial score (nSPS) is 12.3. The molecule has 1 aromatic carbocycles. The number of furan rings is 1. The van der Waals surface area contributed by atoms with E-state index in [0.717, 1.165) is 10.0 Å². The van der Waals surface area contributed by atoms with Gasteiger partial charge in [0.25, 0.3) is 0 Å². The van der Waals surface area contributed by atoms with Gasteiger partial charge in [-0.1, -0.05) is 0 Å². The van der Waals surface area contributed by atoms with Crippen LogP contribution in [0, 0.1) is 0 Å². The fourth-order valence-corrected chi connectivity index (χ4v) is 3.03. The minimum atomic E-state index is -0.441. The Morgan fingerprint density at radius 2 is 1.84 bits per heavy atom. The van der Waals surface area contributed by atoms with E-state index in [1.54, 1.807) is 20.3 Å². The molecule has 19 heavy (non-hydrogen) atoms. The number of hydrogen-bond acceptors (Lipinski definition) is 3. The first-order valence-electron chi connectivity index (χ1n) is 5.38. The molecule has 1 heterocycles. The van der Waals surface area contributed by atoms with E-state index in [1.807, 2.05) is 18.2 Å². The lowest BCUT2D eigenvalue weighted by atomic mass is 10.1. The minimum Gasteiger partial charge on any atom is -0.495 e. The van der Waals surface area contributed by atoms with Crippen molar-refractivity contribution in [2.45, 2.75) is 5.38 Å². The van der Waals surface area contributed by atoms with Crippen LogP contribution in [-0.2, 0) is 0 Å². The van der Waals surface area contributed by atoms with Crippen LogP contribution in [0.4, 0.5) is 0 Å². The molecule has 1 aromatic heterocycles. The molecule has 0 saturated heterocycles. The fraction of sp³-hybridized carbons (Fsp3) is 0.231. The zero-order valence-electron chi connectivity index (χ0n) is 10.2. The van der Waals surface area contributed by atoms with Crippen molar-refractivity contribution >= 4 is 43.5 Å². The van der Waals surface area contributed by atoms with Crippen LogP contribution in [0.25, 0.3) is 0 Å². The summed E-state index contributed by atoms with van der Waals surface area (Å²) in [7, 11) is 3.19. The summed E-state index contributed by atoms with van der Waals surface area (Å²) in [6.45, 7) is 0. The lowest BCUT2D eigenvalue weighted by Crippen LogP contribution is -1.99. The molecule has 0 aliphatic rings. The van der Waals surface area contributed by atoms with Crippen molar-refractivity contribution in [3.8, 4) is 11.5 Å². The topological polar surface area (TPSA) is 31.6 Å². The van der Waals surface area contributed by atoms with Gasteiger partial charge in [0, 0.05) is 5.56 Å². The lowest BCUT2D eigenvalue weighted by Gasteiger charge is -2.15. The van der Waals surface area contributed by atoms with Gasteiger partial charge in [-0.15, -0.1) is 11.6 Å². The predicted molar refractivity (Wildman–Crippen MR) is 81.4 cm³/mol. The molecule has 2 rings (SSSR count). The standard InChI is InChI=1S/C13H11Br2ClO3/c1-17-8-4-3-7(13(18-2)11(8)15)12(16)9-5-6-10(14)19-9/h3-6,12H,1-2H3. The van der Waals surface area contributed by atoms with Gasteiger partial charge in [-0.25, -0.2) is 0 Å². The van der Waals surface area contributed by atoms with Gasteiger partial charge in [0.2, 0.25) is 0 Å². The van der Waals surface area contributed by atoms with Crippen molar-refractivity contribution < 1.29 is 13.9 Å². The first kappa shape index (κ1) is 14.8. The Kier molecular flexibility index (Phi) is 4.81. The average Bonchev–Trinajstić information content (AvgIpc) is 2.84. The molecule has 6 heteroatoms. The molecule has 0 spiro atoms. The van der Waals surface area contributed by atoms with Crippen LogP contribution in [0.1, 0.15) is 16.7 Å². The van der Waals surface area contributed by atoms with Crippen molar-refractivity contribution in [1.82, 2.24) is 0 Å². The van der Waals surface area contributed by atoms with E-state index in [4.69, 9.17) is 25.5 Å². The molecule has 2 aromatic rings. The molecule has 1 unspecified atom stereocenters. The van der Waals surface area contributed by atoms with E-state index in [0.29, 0.717) is 21.9 Å². The Bertz CT molecular complexity index is 583. The van der Waals surface area contributed by atoms with Crippen molar-refractivity contribution in [3.63, 3.8) is 0 Å². The van der Waals surface area contributed by atoms with Crippen molar-refractivity contribution in [3.05, 3.63) is 44.7 Å². The van der Waals surface area contributed by atoms with Crippen LogP contribution in [0.2, 0.25) is 0 Å². The fourth-order valence-electron chi connectivity index (χ4n) is 1.74. The van der Waals surface area contributed by atoms with Crippen LogP contribution < -0.4 is 9.47 Å². The second-order valence-corrected chi connectivity index (χ2v) is 5.72. The zero-order valence-corrected chi connectivity index (χ0v) is 14.2. The monoisotopic (exact) mass is 408 g/mol. The summed E-state index contributed by atoms with van der Waals surface area (Å²) < 4.78 is 17.5. The van der Waals surface area contributed by atoms with E-state index < -0.39 is 5.38 Å². The molecule has 0 aliphatic heterocycles. The van der Waals surface area contributed by atoms with Crippen LogP contribution in [0.3, 0.4) is 0 Å². The molecule has 1 atom stereocenters. The third kappa shape index (κ3) is 2.93. The predicted octanol–water partition coefficient (Wildman–Crippen LogP) is 5.15. The van der Waals surface area contributed by atoms with Crippen LogP contribution in [0.5, 0.6) is 11.5 Å². The van der Waals surface area contributed by atoms with Crippen LogP contribution in [-0.4, -0.2) is 14.2 Å². The average molecular weight is 410 g/mol. The number of halogens is 3. The second kappa shape index (κ2) is 6.20. The summed E-state index contributed by atoms with van der Waals surface area (Å²) in [4.78, 5) is 0. The summed E-state index contributed by atoms with van der Waals surface area (Å²) in [5.74, 6) is 1.96. The third-order valence-electron chi connectivity index (χ3n) is 2.63. The van der Waals surface area contributed by atoms with Crippen molar-refractivity contribution in [2.24, 2.45) is 0 Å². The minimum absolute atomic E-state index is 0.441. The summed E-state index contributed by atoms with van der Waals surface area (Å²) in [5, 5.41) is -0.441. The number of ether oxygens (including phenoxy) is 2. The molecule has 0 saturated carbocycles. The first-order valence-corrected chi connectivity index (χ1v) is 7.40. The van der Waals surface area contributed by atoms with Crippen LogP contribution >= 0.6 is 43.5 Å². The van der Waals surface area contributed by atoms with Gasteiger partial charge in [-0.3, -0.25) is 0 Å². The Morgan fingerprint density at radius 1 is 1.11 bits per heavy atom. The van der Waals surface area contributed by atoms with Crippen LogP contribution in [0.15, 0.2) is 37.8 Å². The van der Waals surface area contributed by atoms with Gasteiger partial charge >= 0.3 is 0 Å². The second-order valence-electron chi connectivity index (χ2n) is 3.71. The quantitative estimate of drug-likeness (QED) is 0.654. The lowest BCUT2D eigenvalue weighted by molar-refractivity contribution is 0.385. The van der Waals surface area contributed by atoms with Gasteiger partial charge in [0.05, 0.1) is 14.2 Å². The van der Waals surface area contributed by atoms with Crippen molar-refractivity contribution in [2.75, 3.05) is 14.2 Å². The van der Waals surface area contributed by atoms with Gasteiger partial charge in [0.1, 0.15) is 27.1 Å². The van der Waals surface area contributed by atoms with Gasteiger partial charge in [-0.05, 0) is 56.1 Å². The third-order valence-corrected chi connectivity index (χ3v) is 4.26. The summed E-state index contributed by atoms with van der Waals surface area (Å²) in [5.41, 5.74) is 0.804. The molecular weight excluding hydrogens is 399 g/mol. The van der Waals surface area contributed by atoms with E-state index >= 15 is 0 Å². The van der Waals surface area contributed by atoms with E-state index in [-0.39, 0.29) is 0 Å². The van der Waals surface area contributed by atoms with Gasteiger partial charge in [0.15, 0.2) is 4.67 Å². The molecule has 102 valence electrons. The highest BCUT2D eigenvalue weighted by atomic mass is 79.9. The smallest absolute Gasteiger partial charge is 0.169 e. The van der Waals surface area contributed by atoms with E-state index in [1.165, 1.54) is 0 Å². The molecule has 0 radical (unpaired) electrons. The Morgan fingerprint density at radius 3 is 2.37 bits per heavy atom. The molecule has 0 bridgehead atoms. The number of hydrogen-bond donors (Lipinski definition) is 0. The van der Waals surface area contributed by atoms with E-state index in [9.17, 15) is 0 Å².